The Balaban J connectivity index is 2.25. The largest absolute Gasteiger partial charge is 0.376 e. The van der Waals surface area contributed by atoms with Crippen molar-refractivity contribution >= 4 is 21.2 Å². The van der Waals surface area contributed by atoms with Gasteiger partial charge in [-0.25, -0.2) is 8.42 Å². The van der Waals surface area contributed by atoms with Gasteiger partial charge in [0.15, 0.2) is 9.84 Å². The van der Waals surface area contributed by atoms with Gasteiger partial charge < -0.3 is 5.32 Å². The third kappa shape index (κ3) is 2.61. The average molecular weight is 270 g/mol. The summed E-state index contributed by atoms with van der Waals surface area (Å²) in [6.07, 6.45) is 0.493. The fourth-order valence-electron chi connectivity index (χ4n) is 2.15. The lowest BCUT2D eigenvalue weighted by Crippen LogP contribution is -2.21. The monoisotopic (exact) mass is 270 g/mol. The molecule has 0 bridgehead atoms. The quantitative estimate of drug-likeness (QED) is 0.664. The first-order valence-electron chi connectivity index (χ1n) is 5.60. The third-order valence-corrected chi connectivity index (χ3v) is 4.78. The Morgan fingerprint density at radius 2 is 2.17 bits per heavy atom. The van der Waals surface area contributed by atoms with Crippen molar-refractivity contribution in [1.82, 2.24) is 0 Å². The molecule has 1 aromatic carbocycles. The van der Waals surface area contributed by atoms with E-state index in [1.165, 1.54) is 0 Å². The molecule has 1 atom stereocenters. The summed E-state index contributed by atoms with van der Waals surface area (Å²) in [4.78, 5) is 10.5. The Kier molecular flexibility index (Phi) is 3.25. The summed E-state index contributed by atoms with van der Waals surface area (Å²) in [7, 11) is -2.99. The van der Waals surface area contributed by atoms with Gasteiger partial charge in [-0.3, -0.25) is 10.1 Å². The summed E-state index contributed by atoms with van der Waals surface area (Å²) >= 11 is 0. The molecular weight excluding hydrogens is 256 g/mol. The molecule has 0 saturated carbocycles. The van der Waals surface area contributed by atoms with Crippen molar-refractivity contribution in [3.63, 3.8) is 0 Å². The van der Waals surface area contributed by atoms with E-state index in [2.05, 4.69) is 5.32 Å². The number of para-hydroxylation sites is 1. The molecule has 0 aromatic heterocycles. The second kappa shape index (κ2) is 4.56. The Bertz CT molecular complexity index is 583. The molecule has 1 N–H and O–H groups in total. The Hall–Kier alpha value is -1.63. The van der Waals surface area contributed by atoms with Crippen molar-refractivity contribution in [3.8, 4) is 0 Å². The van der Waals surface area contributed by atoms with E-state index in [-0.39, 0.29) is 23.2 Å². The van der Waals surface area contributed by atoms with Crippen molar-refractivity contribution in [2.75, 3.05) is 16.8 Å². The van der Waals surface area contributed by atoms with E-state index >= 15 is 0 Å². The lowest BCUT2D eigenvalue weighted by Gasteiger charge is -2.13. The summed E-state index contributed by atoms with van der Waals surface area (Å²) in [5, 5.41) is 14.0. The number of benzene rings is 1. The van der Waals surface area contributed by atoms with Gasteiger partial charge in [-0.2, -0.15) is 0 Å². The number of sulfone groups is 1. The van der Waals surface area contributed by atoms with Crippen LogP contribution in [0.4, 0.5) is 11.4 Å². The maximum absolute atomic E-state index is 11.3. The zero-order chi connectivity index (χ0) is 13.3. The van der Waals surface area contributed by atoms with E-state index in [4.69, 9.17) is 0 Å². The smallest absolute Gasteiger partial charge is 0.295 e. The van der Waals surface area contributed by atoms with Crippen LogP contribution in [-0.2, 0) is 9.84 Å². The van der Waals surface area contributed by atoms with Gasteiger partial charge in [-0.15, -0.1) is 0 Å². The van der Waals surface area contributed by atoms with Gasteiger partial charge in [-0.1, -0.05) is 12.1 Å². The molecule has 0 spiro atoms. The second-order valence-corrected chi connectivity index (χ2v) is 6.70. The molecule has 1 saturated heterocycles. The number of rotatable bonds is 3. The molecular formula is C11H14N2O4S. The lowest BCUT2D eigenvalue weighted by atomic mass is 10.1. The minimum atomic E-state index is -2.99. The van der Waals surface area contributed by atoms with Gasteiger partial charge in [0.05, 0.1) is 16.4 Å². The summed E-state index contributed by atoms with van der Waals surface area (Å²) in [6.45, 7) is 1.66. The molecule has 98 valence electrons. The number of nitro benzene ring substituents is 1. The molecule has 1 unspecified atom stereocenters. The molecule has 0 aliphatic carbocycles. The number of aryl methyl sites for hydroxylation is 1. The van der Waals surface area contributed by atoms with E-state index in [0.29, 0.717) is 17.7 Å². The summed E-state index contributed by atoms with van der Waals surface area (Å²) in [6, 6.07) is 4.74. The van der Waals surface area contributed by atoms with Crippen LogP contribution in [0, 0.1) is 17.0 Å². The van der Waals surface area contributed by atoms with Crippen LogP contribution in [0.2, 0.25) is 0 Å². The van der Waals surface area contributed by atoms with E-state index in [1.807, 2.05) is 0 Å². The van der Waals surface area contributed by atoms with Crippen LogP contribution in [0.25, 0.3) is 0 Å². The molecule has 7 heteroatoms. The molecule has 1 heterocycles. The highest BCUT2D eigenvalue weighted by atomic mass is 32.2. The maximum Gasteiger partial charge on any atom is 0.295 e. The number of nitro groups is 1. The fourth-order valence-corrected chi connectivity index (χ4v) is 3.82. The molecule has 2 rings (SSSR count). The zero-order valence-electron chi connectivity index (χ0n) is 9.92. The first-order chi connectivity index (χ1) is 8.39. The Labute approximate surface area is 105 Å². The molecule has 1 aromatic rings. The second-order valence-electron chi connectivity index (χ2n) is 4.47. The van der Waals surface area contributed by atoms with Gasteiger partial charge in [0.2, 0.25) is 0 Å². The first kappa shape index (κ1) is 12.8. The summed E-state index contributed by atoms with van der Waals surface area (Å²) in [5.74, 6) is 0.183. The number of hydrogen-bond acceptors (Lipinski definition) is 5. The lowest BCUT2D eigenvalue weighted by molar-refractivity contribution is -0.384. The molecule has 1 fully saturated rings. The number of nitrogens with zero attached hydrogens (tertiary/aromatic N) is 1. The van der Waals surface area contributed by atoms with Crippen molar-refractivity contribution in [2.45, 2.75) is 19.4 Å². The van der Waals surface area contributed by atoms with Crippen molar-refractivity contribution in [2.24, 2.45) is 0 Å². The minimum absolute atomic E-state index is 0.0156. The molecule has 1 aliphatic rings. The highest BCUT2D eigenvalue weighted by Crippen LogP contribution is 2.29. The standard InChI is InChI=1S/C11H14N2O4S/c1-8-3-2-4-10(11(8)13(14)15)12-9-5-6-18(16,17)7-9/h2-4,9,12H,5-7H2,1H3. The molecule has 0 amide bonds. The molecule has 1 aliphatic heterocycles. The van der Waals surface area contributed by atoms with E-state index in [1.54, 1.807) is 25.1 Å². The predicted molar refractivity (Wildman–Crippen MR) is 68.5 cm³/mol. The Morgan fingerprint density at radius 3 is 2.72 bits per heavy atom. The third-order valence-electron chi connectivity index (χ3n) is 3.01. The SMILES string of the molecule is Cc1cccc(NC2CCS(=O)(=O)C2)c1[N+](=O)[O-]. The van der Waals surface area contributed by atoms with Crippen LogP contribution >= 0.6 is 0 Å². The molecule has 18 heavy (non-hydrogen) atoms. The highest BCUT2D eigenvalue weighted by Gasteiger charge is 2.29. The van der Waals surface area contributed by atoms with Crippen molar-refractivity contribution in [3.05, 3.63) is 33.9 Å². The maximum atomic E-state index is 11.3. The first-order valence-corrected chi connectivity index (χ1v) is 7.42. The Morgan fingerprint density at radius 1 is 1.44 bits per heavy atom. The summed E-state index contributed by atoms with van der Waals surface area (Å²) < 4.78 is 22.7. The fraction of sp³-hybridized carbons (Fsp3) is 0.455. The van der Waals surface area contributed by atoms with Crippen LogP contribution < -0.4 is 5.32 Å². The normalized spacial score (nSPS) is 21.7. The van der Waals surface area contributed by atoms with Crippen LogP contribution in [-0.4, -0.2) is 30.9 Å². The van der Waals surface area contributed by atoms with Gasteiger partial charge >= 0.3 is 0 Å². The van der Waals surface area contributed by atoms with Gasteiger partial charge in [-0.05, 0) is 19.4 Å². The highest BCUT2D eigenvalue weighted by molar-refractivity contribution is 7.91. The van der Waals surface area contributed by atoms with Crippen molar-refractivity contribution < 1.29 is 13.3 Å². The van der Waals surface area contributed by atoms with E-state index in [0.717, 1.165) is 0 Å². The van der Waals surface area contributed by atoms with Gasteiger partial charge in [0.25, 0.3) is 5.69 Å². The number of nitrogens with one attached hydrogen (secondary N) is 1. The van der Waals surface area contributed by atoms with E-state index in [9.17, 15) is 18.5 Å². The van der Waals surface area contributed by atoms with E-state index < -0.39 is 14.8 Å². The molecule has 6 nitrogen and oxygen atoms in total. The van der Waals surface area contributed by atoms with Crippen LogP contribution in [0.5, 0.6) is 0 Å². The van der Waals surface area contributed by atoms with Gasteiger partial charge in [0, 0.05) is 11.6 Å². The van der Waals surface area contributed by atoms with Crippen LogP contribution in [0.3, 0.4) is 0 Å². The number of anilines is 1. The number of hydrogen-bond donors (Lipinski definition) is 1. The minimum Gasteiger partial charge on any atom is -0.376 e. The topological polar surface area (TPSA) is 89.3 Å². The molecule has 0 radical (unpaired) electrons. The predicted octanol–water partition coefficient (Wildman–Crippen LogP) is 1.50. The van der Waals surface area contributed by atoms with Gasteiger partial charge in [0.1, 0.15) is 5.69 Å². The van der Waals surface area contributed by atoms with Crippen molar-refractivity contribution in [1.29, 1.82) is 0 Å². The van der Waals surface area contributed by atoms with Crippen LogP contribution in [0.15, 0.2) is 18.2 Å². The summed E-state index contributed by atoms with van der Waals surface area (Å²) in [5.41, 5.74) is 0.967. The average Bonchev–Trinajstić information content (AvgIpc) is 2.57. The zero-order valence-corrected chi connectivity index (χ0v) is 10.7. The van der Waals surface area contributed by atoms with Crippen LogP contribution in [0.1, 0.15) is 12.0 Å².